The van der Waals surface area contributed by atoms with Crippen molar-refractivity contribution in [2.45, 2.75) is 20.2 Å². The first-order valence-corrected chi connectivity index (χ1v) is 10.2. The molecule has 4 rings (SSSR count). The van der Waals surface area contributed by atoms with Gasteiger partial charge in [-0.1, -0.05) is 59.6 Å². The lowest BCUT2D eigenvalue weighted by atomic mass is 10.2. The Morgan fingerprint density at radius 1 is 1.00 bits per heavy atom. The number of amides is 1. The van der Waals surface area contributed by atoms with Crippen LogP contribution in [0.15, 0.2) is 67.0 Å². The van der Waals surface area contributed by atoms with Crippen molar-refractivity contribution in [2.75, 3.05) is 5.32 Å². The van der Waals surface area contributed by atoms with Crippen LogP contribution in [0.25, 0.3) is 0 Å². The molecule has 4 aromatic rings. The fourth-order valence-electron chi connectivity index (χ4n) is 2.94. The predicted molar refractivity (Wildman–Crippen MR) is 120 cm³/mol. The van der Waals surface area contributed by atoms with Crippen molar-refractivity contribution < 1.29 is 9.53 Å². The molecule has 0 saturated heterocycles. The highest BCUT2D eigenvalue weighted by Gasteiger charge is 2.15. The zero-order chi connectivity index (χ0) is 21.8. The molecule has 1 amide bonds. The maximum Gasteiger partial charge on any atom is 0.277 e. The van der Waals surface area contributed by atoms with Crippen LogP contribution in [0.4, 0.5) is 5.82 Å². The van der Waals surface area contributed by atoms with Gasteiger partial charge in [-0.3, -0.25) is 9.48 Å². The van der Waals surface area contributed by atoms with Crippen molar-refractivity contribution in [1.29, 1.82) is 0 Å². The third kappa shape index (κ3) is 5.07. The molecule has 31 heavy (non-hydrogen) atoms. The topological polar surface area (TPSA) is 74.0 Å². The Morgan fingerprint density at radius 2 is 1.77 bits per heavy atom. The molecule has 0 aliphatic rings. The van der Waals surface area contributed by atoms with E-state index in [0.717, 1.165) is 16.9 Å². The van der Waals surface area contributed by atoms with Gasteiger partial charge in [0.05, 0.1) is 6.54 Å². The highest BCUT2D eigenvalue weighted by atomic mass is 35.5. The van der Waals surface area contributed by atoms with Gasteiger partial charge in [-0.2, -0.15) is 10.2 Å². The van der Waals surface area contributed by atoms with E-state index in [4.69, 9.17) is 27.9 Å². The second-order valence-corrected chi connectivity index (χ2v) is 7.66. The summed E-state index contributed by atoms with van der Waals surface area (Å²) in [5.41, 5.74) is 2.15. The summed E-state index contributed by atoms with van der Waals surface area (Å²) in [5, 5.41) is 12.2. The van der Waals surface area contributed by atoms with Gasteiger partial charge in [0.25, 0.3) is 5.91 Å². The van der Waals surface area contributed by atoms with Crippen molar-refractivity contribution in [3.05, 3.63) is 93.9 Å². The zero-order valence-corrected chi connectivity index (χ0v) is 18.1. The van der Waals surface area contributed by atoms with Gasteiger partial charge in [0, 0.05) is 17.4 Å². The van der Waals surface area contributed by atoms with E-state index in [0.29, 0.717) is 16.6 Å². The van der Waals surface area contributed by atoms with E-state index in [2.05, 4.69) is 15.5 Å². The van der Waals surface area contributed by atoms with Gasteiger partial charge in [-0.25, -0.2) is 4.68 Å². The fraction of sp³-hybridized carbons (Fsp3) is 0.136. The standard InChI is InChI=1S/C22H19Cl2N5O2/c1-15-6-2-5-9-20(15)31-14-28-11-10-19(26-28)22(30)25-21-18(24)13-29(27-21)12-16-7-3-4-8-17(16)23/h2-11,13H,12,14H2,1H3,(H,25,27,30). The Morgan fingerprint density at radius 3 is 2.58 bits per heavy atom. The number of nitrogens with one attached hydrogen (secondary N) is 1. The first-order chi connectivity index (χ1) is 15.0. The summed E-state index contributed by atoms with van der Waals surface area (Å²) in [4.78, 5) is 12.6. The van der Waals surface area contributed by atoms with E-state index < -0.39 is 5.91 Å². The molecule has 0 fully saturated rings. The molecular weight excluding hydrogens is 437 g/mol. The second-order valence-electron chi connectivity index (χ2n) is 6.85. The third-order valence-corrected chi connectivity index (χ3v) is 5.20. The summed E-state index contributed by atoms with van der Waals surface area (Å²) in [6.07, 6.45) is 3.31. The van der Waals surface area contributed by atoms with Crippen LogP contribution in [0.3, 0.4) is 0 Å². The molecule has 0 aliphatic carbocycles. The van der Waals surface area contributed by atoms with Gasteiger partial charge in [0.2, 0.25) is 0 Å². The minimum Gasteiger partial charge on any atom is -0.471 e. The van der Waals surface area contributed by atoms with Crippen LogP contribution < -0.4 is 10.1 Å². The van der Waals surface area contributed by atoms with Crippen LogP contribution in [0.2, 0.25) is 10.0 Å². The molecule has 1 N–H and O–H groups in total. The van der Waals surface area contributed by atoms with Crippen molar-refractivity contribution in [3.63, 3.8) is 0 Å². The number of hydrogen-bond donors (Lipinski definition) is 1. The minimum atomic E-state index is -0.417. The highest BCUT2D eigenvalue weighted by molar-refractivity contribution is 6.33. The molecule has 9 heteroatoms. The number of carbonyl (C=O) groups is 1. The number of carbonyl (C=O) groups excluding carboxylic acids is 1. The monoisotopic (exact) mass is 455 g/mol. The molecule has 0 saturated carbocycles. The number of halogens is 2. The Labute approximate surface area is 189 Å². The molecule has 0 bridgehead atoms. The maximum atomic E-state index is 12.6. The summed E-state index contributed by atoms with van der Waals surface area (Å²) in [7, 11) is 0. The first kappa shape index (κ1) is 21.0. The van der Waals surface area contributed by atoms with Crippen molar-refractivity contribution >= 4 is 34.9 Å². The molecule has 2 heterocycles. The SMILES string of the molecule is Cc1ccccc1OCn1ccc(C(=O)Nc2nn(Cc3ccccc3Cl)cc2Cl)n1. The molecule has 158 valence electrons. The van der Waals surface area contributed by atoms with Crippen LogP contribution in [0.1, 0.15) is 21.6 Å². The number of aryl methyl sites for hydroxylation is 1. The highest BCUT2D eigenvalue weighted by Crippen LogP contribution is 2.22. The van der Waals surface area contributed by atoms with Crippen LogP contribution in [-0.2, 0) is 13.3 Å². The number of rotatable bonds is 7. The minimum absolute atomic E-state index is 0.186. The number of benzene rings is 2. The molecule has 2 aromatic heterocycles. The number of nitrogens with zero attached hydrogens (tertiary/aromatic N) is 4. The molecule has 0 aliphatic heterocycles. The molecule has 0 atom stereocenters. The molecule has 0 radical (unpaired) electrons. The molecule has 2 aromatic carbocycles. The third-order valence-electron chi connectivity index (χ3n) is 4.56. The molecule has 0 unspecified atom stereocenters. The van der Waals surface area contributed by atoms with E-state index in [1.165, 1.54) is 0 Å². The van der Waals surface area contributed by atoms with Crippen molar-refractivity contribution in [2.24, 2.45) is 0 Å². The summed E-state index contributed by atoms with van der Waals surface area (Å²) in [6.45, 7) is 2.58. The first-order valence-electron chi connectivity index (χ1n) is 9.49. The number of para-hydroxylation sites is 1. The normalized spacial score (nSPS) is 10.8. The van der Waals surface area contributed by atoms with E-state index in [1.54, 1.807) is 27.8 Å². The van der Waals surface area contributed by atoms with Gasteiger partial charge in [-0.05, 0) is 36.2 Å². The zero-order valence-electron chi connectivity index (χ0n) is 16.6. The number of aromatic nitrogens is 4. The Hall–Kier alpha value is -3.29. The van der Waals surface area contributed by atoms with E-state index >= 15 is 0 Å². The Balaban J connectivity index is 1.39. The molecular formula is C22H19Cl2N5O2. The van der Waals surface area contributed by atoms with Gasteiger partial charge >= 0.3 is 0 Å². The Bertz CT molecular complexity index is 1220. The summed E-state index contributed by atoms with van der Waals surface area (Å²) in [6, 6.07) is 16.8. The molecule has 7 nitrogen and oxygen atoms in total. The predicted octanol–water partition coefficient (Wildman–Crippen LogP) is 5.03. The summed E-state index contributed by atoms with van der Waals surface area (Å²) < 4.78 is 8.90. The molecule has 0 spiro atoms. The maximum absolute atomic E-state index is 12.6. The smallest absolute Gasteiger partial charge is 0.277 e. The second kappa shape index (κ2) is 9.24. The average Bonchev–Trinajstić information content (AvgIpc) is 3.36. The lowest BCUT2D eigenvalue weighted by Gasteiger charge is -2.08. The van der Waals surface area contributed by atoms with Crippen LogP contribution in [0, 0.1) is 6.92 Å². The van der Waals surface area contributed by atoms with Gasteiger partial charge in [0.15, 0.2) is 18.2 Å². The largest absolute Gasteiger partial charge is 0.471 e. The fourth-order valence-corrected chi connectivity index (χ4v) is 3.34. The summed E-state index contributed by atoms with van der Waals surface area (Å²) in [5.74, 6) is 0.601. The quantitative estimate of drug-likeness (QED) is 0.423. The van der Waals surface area contributed by atoms with E-state index in [1.807, 2.05) is 55.5 Å². The Kier molecular flexibility index (Phi) is 6.25. The van der Waals surface area contributed by atoms with E-state index in [9.17, 15) is 4.79 Å². The van der Waals surface area contributed by atoms with Crippen LogP contribution >= 0.6 is 23.2 Å². The lowest BCUT2D eigenvalue weighted by molar-refractivity contribution is 0.101. The lowest BCUT2D eigenvalue weighted by Crippen LogP contribution is -2.15. The van der Waals surface area contributed by atoms with Gasteiger partial charge < -0.3 is 10.1 Å². The number of ether oxygens (including phenoxy) is 1. The number of hydrogen-bond acceptors (Lipinski definition) is 4. The number of anilines is 1. The van der Waals surface area contributed by atoms with Crippen LogP contribution in [0.5, 0.6) is 5.75 Å². The van der Waals surface area contributed by atoms with Gasteiger partial charge in [-0.15, -0.1) is 0 Å². The van der Waals surface area contributed by atoms with Crippen molar-refractivity contribution in [3.8, 4) is 5.75 Å². The van der Waals surface area contributed by atoms with E-state index in [-0.39, 0.29) is 18.2 Å². The van der Waals surface area contributed by atoms with Gasteiger partial charge in [0.1, 0.15) is 10.8 Å². The van der Waals surface area contributed by atoms with Crippen molar-refractivity contribution in [1.82, 2.24) is 19.6 Å². The average molecular weight is 456 g/mol. The van der Waals surface area contributed by atoms with Crippen LogP contribution in [-0.4, -0.2) is 25.5 Å². The summed E-state index contributed by atoms with van der Waals surface area (Å²) >= 11 is 12.4.